The predicted octanol–water partition coefficient (Wildman–Crippen LogP) is 3.18. The molecule has 2 amide bonds. The zero-order chi connectivity index (χ0) is 21.0. The third kappa shape index (κ3) is 2.73. The van der Waals surface area contributed by atoms with Crippen LogP contribution in [0.25, 0.3) is 11.3 Å². The van der Waals surface area contributed by atoms with Gasteiger partial charge in [-0.3, -0.25) is 9.59 Å². The molecule has 1 aromatic heterocycles. The zero-order valence-corrected chi connectivity index (χ0v) is 16.6. The smallest absolute Gasteiger partial charge is 0.337 e. The van der Waals surface area contributed by atoms with E-state index in [-0.39, 0.29) is 35.5 Å². The number of hydrogen-bond acceptors (Lipinski definition) is 6. The van der Waals surface area contributed by atoms with E-state index >= 15 is 0 Å². The number of nitrogens with zero attached hydrogens (tertiary/aromatic N) is 2. The fraction of sp³-hybridized carbons (Fsp3) is 0.304. The molecule has 2 aromatic rings. The summed E-state index contributed by atoms with van der Waals surface area (Å²) in [6.45, 7) is 1.88. The van der Waals surface area contributed by atoms with E-state index in [4.69, 9.17) is 9.15 Å². The van der Waals surface area contributed by atoms with Gasteiger partial charge in [0, 0.05) is 5.56 Å². The number of benzene rings is 1. The van der Waals surface area contributed by atoms with Crippen molar-refractivity contribution in [1.29, 1.82) is 0 Å². The lowest BCUT2D eigenvalue weighted by Gasteiger charge is -2.13. The van der Waals surface area contributed by atoms with Crippen LogP contribution in [0.2, 0.25) is 0 Å². The number of hydrogen-bond donors (Lipinski definition) is 0. The van der Waals surface area contributed by atoms with Crippen LogP contribution in [-0.2, 0) is 14.3 Å². The number of furan rings is 1. The molecule has 7 nitrogen and oxygen atoms in total. The highest BCUT2D eigenvalue weighted by atomic mass is 16.5. The summed E-state index contributed by atoms with van der Waals surface area (Å²) in [6.07, 6.45) is 6.39. The van der Waals surface area contributed by atoms with E-state index in [9.17, 15) is 14.4 Å². The summed E-state index contributed by atoms with van der Waals surface area (Å²) >= 11 is 0. The van der Waals surface area contributed by atoms with Crippen molar-refractivity contribution in [2.45, 2.75) is 13.3 Å². The van der Waals surface area contributed by atoms with E-state index in [1.54, 1.807) is 30.3 Å². The van der Waals surface area contributed by atoms with Gasteiger partial charge in [0.25, 0.3) is 11.8 Å². The molecule has 30 heavy (non-hydrogen) atoms. The third-order valence-electron chi connectivity index (χ3n) is 6.29. The van der Waals surface area contributed by atoms with Gasteiger partial charge < -0.3 is 9.15 Å². The summed E-state index contributed by atoms with van der Waals surface area (Å²) < 4.78 is 10.6. The van der Waals surface area contributed by atoms with Gasteiger partial charge in [-0.15, -0.1) is 0 Å². The lowest BCUT2D eigenvalue weighted by Crippen LogP contribution is -2.28. The van der Waals surface area contributed by atoms with Crippen LogP contribution in [0.1, 0.15) is 28.1 Å². The van der Waals surface area contributed by atoms with E-state index in [1.807, 2.05) is 6.92 Å². The quantitative estimate of drug-likeness (QED) is 0.338. The molecule has 4 atom stereocenters. The first kappa shape index (κ1) is 18.5. The molecule has 1 aromatic carbocycles. The van der Waals surface area contributed by atoms with Crippen LogP contribution in [0.4, 0.5) is 0 Å². The van der Waals surface area contributed by atoms with Gasteiger partial charge in [0.15, 0.2) is 0 Å². The van der Waals surface area contributed by atoms with Crippen molar-refractivity contribution < 1.29 is 23.5 Å². The molecule has 0 unspecified atom stereocenters. The first-order valence-corrected chi connectivity index (χ1v) is 9.87. The number of allylic oxidation sites excluding steroid dienone is 2. The van der Waals surface area contributed by atoms with Gasteiger partial charge in [-0.1, -0.05) is 18.2 Å². The van der Waals surface area contributed by atoms with Gasteiger partial charge in [-0.25, -0.2) is 4.79 Å². The molecule has 0 radical (unpaired) electrons. The first-order chi connectivity index (χ1) is 14.5. The second-order valence-electron chi connectivity index (χ2n) is 7.96. The SMILES string of the molecule is COC(=O)c1ccc(-c2ccc(C=NN3C(=O)[C@@H]4[C@H](C3=O)[C@H]3C=C[C@H]4C3)o2)c(C)c1. The molecule has 2 bridgehead atoms. The van der Waals surface area contributed by atoms with Gasteiger partial charge >= 0.3 is 5.97 Å². The second kappa shape index (κ2) is 6.79. The number of imide groups is 1. The van der Waals surface area contributed by atoms with Crippen LogP contribution in [0.15, 0.2) is 52.0 Å². The molecule has 2 fully saturated rings. The Morgan fingerprint density at radius 2 is 1.83 bits per heavy atom. The highest BCUT2D eigenvalue weighted by molar-refractivity contribution is 6.06. The number of carbonyl (C=O) groups excluding carboxylic acids is 3. The van der Waals surface area contributed by atoms with Gasteiger partial charge in [0.2, 0.25) is 0 Å². The normalized spacial score (nSPS) is 26.8. The van der Waals surface area contributed by atoms with Crippen molar-refractivity contribution >= 4 is 24.0 Å². The van der Waals surface area contributed by atoms with Crippen molar-refractivity contribution in [2.24, 2.45) is 28.8 Å². The average molecular weight is 404 g/mol. The summed E-state index contributed by atoms with van der Waals surface area (Å²) in [5.41, 5.74) is 2.15. The van der Waals surface area contributed by atoms with E-state index in [2.05, 4.69) is 17.3 Å². The third-order valence-corrected chi connectivity index (χ3v) is 6.29. The van der Waals surface area contributed by atoms with Crippen molar-refractivity contribution in [3.63, 3.8) is 0 Å². The number of aryl methyl sites for hydroxylation is 1. The van der Waals surface area contributed by atoms with Gasteiger partial charge in [-0.05, 0) is 55.0 Å². The average Bonchev–Trinajstić information content (AvgIpc) is 3.51. The molecule has 2 aliphatic carbocycles. The zero-order valence-electron chi connectivity index (χ0n) is 16.6. The van der Waals surface area contributed by atoms with E-state index in [1.165, 1.54) is 13.3 Å². The molecule has 7 heteroatoms. The molecule has 0 N–H and O–H groups in total. The summed E-state index contributed by atoms with van der Waals surface area (Å²) in [4.78, 5) is 37.0. The number of hydrazone groups is 1. The molecular weight excluding hydrogens is 384 g/mol. The predicted molar refractivity (Wildman–Crippen MR) is 107 cm³/mol. The van der Waals surface area contributed by atoms with E-state index in [0.29, 0.717) is 17.1 Å². The fourth-order valence-corrected chi connectivity index (χ4v) is 4.87. The van der Waals surface area contributed by atoms with Gasteiger partial charge in [0.05, 0.1) is 30.7 Å². The Morgan fingerprint density at radius 1 is 1.13 bits per heavy atom. The maximum Gasteiger partial charge on any atom is 0.337 e. The largest absolute Gasteiger partial charge is 0.465 e. The van der Waals surface area contributed by atoms with E-state index < -0.39 is 5.97 Å². The first-order valence-electron chi connectivity index (χ1n) is 9.87. The molecule has 1 saturated carbocycles. The number of carbonyl (C=O) groups is 3. The Labute approximate surface area is 173 Å². The van der Waals surface area contributed by atoms with Crippen molar-refractivity contribution in [1.82, 2.24) is 5.01 Å². The Balaban J connectivity index is 1.35. The number of amides is 2. The minimum atomic E-state index is -0.398. The lowest BCUT2D eigenvalue weighted by molar-refractivity contribution is -0.140. The Bertz CT molecular complexity index is 1100. The second-order valence-corrected chi connectivity index (χ2v) is 7.96. The van der Waals surface area contributed by atoms with Crippen LogP contribution >= 0.6 is 0 Å². The van der Waals surface area contributed by atoms with Crippen molar-refractivity contribution in [2.75, 3.05) is 7.11 Å². The lowest BCUT2D eigenvalue weighted by atomic mass is 9.85. The number of fused-ring (bicyclic) bond motifs is 5. The summed E-state index contributed by atoms with van der Waals surface area (Å²) in [5.74, 6) is -0.0431. The maximum atomic E-state index is 12.7. The number of methoxy groups -OCH3 is 1. The number of rotatable bonds is 4. The molecule has 2 heterocycles. The van der Waals surface area contributed by atoms with Gasteiger partial charge in [-0.2, -0.15) is 10.1 Å². The van der Waals surface area contributed by atoms with Crippen molar-refractivity contribution in [3.05, 3.63) is 59.4 Å². The maximum absolute atomic E-state index is 12.7. The van der Waals surface area contributed by atoms with Crippen LogP contribution < -0.4 is 0 Å². The molecule has 0 spiro atoms. The van der Waals surface area contributed by atoms with Crippen LogP contribution in [0, 0.1) is 30.6 Å². The minimum absolute atomic E-state index is 0.155. The molecule has 1 aliphatic heterocycles. The topological polar surface area (TPSA) is 89.2 Å². The monoisotopic (exact) mass is 404 g/mol. The Morgan fingerprint density at radius 3 is 2.47 bits per heavy atom. The van der Waals surface area contributed by atoms with Crippen molar-refractivity contribution in [3.8, 4) is 11.3 Å². The molecule has 1 saturated heterocycles. The van der Waals surface area contributed by atoms with Crippen LogP contribution in [0.3, 0.4) is 0 Å². The van der Waals surface area contributed by atoms with E-state index in [0.717, 1.165) is 22.6 Å². The highest BCUT2D eigenvalue weighted by Crippen LogP contribution is 2.52. The fourth-order valence-electron chi connectivity index (χ4n) is 4.87. The highest BCUT2D eigenvalue weighted by Gasteiger charge is 2.59. The summed E-state index contributed by atoms with van der Waals surface area (Å²) in [5, 5.41) is 5.14. The Hall–Kier alpha value is -3.48. The number of esters is 1. The van der Waals surface area contributed by atoms with Crippen LogP contribution in [-0.4, -0.2) is 36.1 Å². The Kier molecular flexibility index (Phi) is 4.20. The van der Waals surface area contributed by atoms with Crippen LogP contribution in [0.5, 0.6) is 0 Å². The molecule has 5 rings (SSSR count). The van der Waals surface area contributed by atoms with Gasteiger partial charge in [0.1, 0.15) is 11.5 Å². The standard InChI is InChI=1S/C23H20N2O5/c1-12-9-15(23(28)29-2)5-7-17(12)18-8-6-16(30-18)11-24-25-21(26)19-13-3-4-14(10-13)20(19)22(25)27/h3-9,11,13-14,19-20H,10H2,1-2H3/t13-,14-,19-,20+/m0/s1. The summed E-state index contributed by atoms with van der Waals surface area (Å²) in [7, 11) is 1.34. The molecule has 152 valence electrons. The minimum Gasteiger partial charge on any atom is -0.465 e. The molecular formula is C23H20N2O5. The summed E-state index contributed by atoms with van der Waals surface area (Å²) in [6, 6.07) is 8.71. The molecule has 3 aliphatic rings. The number of ether oxygens (including phenoxy) is 1.